The van der Waals surface area contributed by atoms with Crippen LogP contribution < -0.4 is 20.1 Å². The molecule has 1 heterocycles. The SMILES string of the molecule is COc1cccc(CC(C)NC(=O)NC(C)c2ccc(OCc3cccnc3)cc2)c1. The number of amides is 2. The Labute approximate surface area is 183 Å². The van der Waals surface area contributed by atoms with Crippen molar-refractivity contribution < 1.29 is 14.3 Å². The number of urea groups is 1. The average molecular weight is 420 g/mol. The highest BCUT2D eigenvalue weighted by atomic mass is 16.5. The second kappa shape index (κ2) is 11.0. The zero-order chi connectivity index (χ0) is 22.1. The largest absolute Gasteiger partial charge is 0.497 e. The third-order valence-electron chi connectivity index (χ3n) is 4.91. The number of carbonyl (C=O) groups excluding carboxylic acids is 1. The average Bonchev–Trinajstić information content (AvgIpc) is 2.78. The number of nitrogens with one attached hydrogen (secondary N) is 2. The van der Waals surface area contributed by atoms with Crippen LogP contribution in [0, 0.1) is 0 Å². The Kier molecular flexibility index (Phi) is 7.87. The molecule has 2 aromatic carbocycles. The van der Waals surface area contributed by atoms with Crippen molar-refractivity contribution in [3.63, 3.8) is 0 Å². The van der Waals surface area contributed by atoms with E-state index in [1.807, 2.05) is 74.5 Å². The Hall–Kier alpha value is -3.54. The molecule has 3 rings (SSSR count). The van der Waals surface area contributed by atoms with Gasteiger partial charge in [-0.15, -0.1) is 0 Å². The van der Waals surface area contributed by atoms with Crippen molar-refractivity contribution in [1.29, 1.82) is 0 Å². The molecule has 3 aromatic rings. The van der Waals surface area contributed by atoms with Crippen molar-refractivity contribution in [1.82, 2.24) is 15.6 Å². The number of pyridine rings is 1. The summed E-state index contributed by atoms with van der Waals surface area (Å²) in [6, 6.07) is 19.1. The minimum absolute atomic E-state index is 0.0115. The number of nitrogens with zero attached hydrogens (tertiary/aromatic N) is 1. The summed E-state index contributed by atoms with van der Waals surface area (Å²) in [6.45, 7) is 4.41. The number of carbonyl (C=O) groups is 1. The van der Waals surface area contributed by atoms with E-state index in [9.17, 15) is 4.79 Å². The van der Waals surface area contributed by atoms with E-state index in [0.717, 1.165) is 34.6 Å². The summed E-state index contributed by atoms with van der Waals surface area (Å²) in [4.78, 5) is 16.5. The van der Waals surface area contributed by atoms with Crippen molar-refractivity contribution in [2.24, 2.45) is 0 Å². The zero-order valence-corrected chi connectivity index (χ0v) is 18.2. The highest BCUT2D eigenvalue weighted by Gasteiger charge is 2.13. The molecular formula is C25H29N3O3. The molecule has 0 radical (unpaired) electrons. The Morgan fingerprint density at radius 2 is 1.74 bits per heavy atom. The Morgan fingerprint density at radius 3 is 2.45 bits per heavy atom. The summed E-state index contributed by atoms with van der Waals surface area (Å²) in [5.74, 6) is 1.59. The van der Waals surface area contributed by atoms with E-state index in [1.54, 1.807) is 19.5 Å². The predicted octanol–water partition coefficient (Wildman–Crippen LogP) is 4.66. The van der Waals surface area contributed by atoms with Gasteiger partial charge in [-0.3, -0.25) is 4.98 Å². The maximum absolute atomic E-state index is 12.4. The molecule has 2 atom stereocenters. The molecule has 162 valence electrons. The molecule has 31 heavy (non-hydrogen) atoms. The Balaban J connectivity index is 1.46. The van der Waals surface area contributed by atoms with Crippen LogP contribution in [0.2, 0.25) is 0 Å². The van der Waals surface area contributed by atoms with E-state index in [4.69, 9.17) is 9.47 Å². The molecule has 2 unspecified atom stereocenters. The van der Waals surface area contributed by atoms with Crippen molar-refractivity contribution in [3.05, 3.63) is 89.7 Å². The van der Waals surface area contributed by atoms with Crippen molar-refractivity contribution >= 4 is 6.03 Å². The van der Waals surface area contributed by atoms with Crippen LogP contribution in [0.25, 0.3) is 0 Å². The first-order chi connectivity index (χ1) is 15.0. The van der Waals surface area contributed by atoms with Gasteiger partial charge >= 0.3 is 6.03 Å². The summed E-state index contributed by atoms with van der Waals surface area (Å²) in [5, 5.41) is 5.98. The first-order valence-corrected chi connectivity index (χ1v) is 10.3. The van der Waals surface area contributed by atoms with Gasteiger partial charge < -0.3 is 20.1 Å². The maximum atomic E-state index is 12.4. The molecule has 0 spiro atoms. The van der Waals surface area contributed by atoms with Gasteiger partial charge in [-0.1, -0.05) is 30.3 Å². The Bertz CT molecular complexity index is 961. The predicted molar refractivity (Wildman–Crippen MR) is 121 cm³/mol. The number of methoxy groups -OCH3 is 1. The number of rotatable bonds is 9. The van der Waals surface area contributed by atoms with Gasteiger partial charge in [-0.25, -0.2) is 4.79 Å². The van der Waals surface area contributed by atoms with Gasteiger partial charge in [0, 0.05) is 24.0 Å². The number of hydrogen-bond acceptors (Lipinski definition) is 4. The Morgan fingerprint density at radius 1 is 0.968 bits per heavy atom. The van der Waals surface area contributed by atoms with E-state index in [-0.39, 0.29) is 18.1 Å². The molecule has 0 bridgehead atoms. The third kappa shape index (κ3) is 7.03. The summed E-state index contributed by atoms with van der Waals surface area (Å²) in [5.41, 5.74) is 3.13. The highest BCUT2D eigenvalue weighted by molar-refractivity contribution is 5.74. The van der Waals surface area contributed by atoms with Crippen LogP contribution in [0.3, 0.4) is 0 Å². The second-order valence-electron chi connectivity index (χ2n) is 7.52. The van der Waals surface area contributed by atoms with Crippen LogP contribution in [0.5, 0.6) is 11.5 Å². The van der Waals surface area contributed by atoms with E-state index < -0.39 is 0 Å². The van der Waals surface area contributed by atoms with E-state index in [0.29, 0.717) is 6.61 Å². The maximum Gasteiger partial charge on any atom is 0.315 e. The molecule has 0 saturated heterocycles. The zero-order valence-electron chi connectivity index (χ0n) is 18.2. The van der Waals surface area contributed by atoms with E-state index >= 15 is 0 Å². The minimum atomic E-state index is -0.195. The lowest BCUT2D eigenvalue weighted by atomic mass is 10.1. The van der Waals surface area contributed by atoms with Crippen LogP contribution in [0.1, 0.15) is 36.6 Å². The molecule has 0 saturated carbocycles. The first kappa shape index (κ1) is 22.2. The van der Waals surface area contributed by atoms with Gasteiger partial charge in [0.25, 0.3) is 0 Å². The normalized spacial score (nSPS) is 12.5. The van der Waals surface area contributed by atoms with Crippen molar-refractivity contribution in [3.8, 4) is 11.5 Å². The van der Waals surface area contributed by atoms with Gasteiger partial charge in [0.2, 0.25) is 0 Å². The number of benzene rings is 2. The highest BCUT2D eigenvalue weighted by Crippen LogP contribution is 2.19. The standard InChI is InChI=1S/C25H29N3O3/c1-18(14-20-6-4-8-24(15-20)30-3)27-25(29)28-19(2)22-9-11-23(12-10-22)31-17-21-7-5-13-26-16-21/h4-13,15-16,18-19H,14,17H2,1-3H3,(H2,27,28,29). The molecular weight excluding hydrogens is 390 g/mol. The molecule has 2 N–H and O–H groups in total. The third-order valence-corrected chi connectivity index (χ3v) is 4.91. The monoisotopic (exact) mass is 419 g/mol. The van der Waals surface area contributed by atoms with Crippen LogP contribution in [-0.2, 0) is 13.0 Å². The molecule has 6 heteroatoms. The van der Waals surface area contributed by atoms with Gasteiger partial charge in [-0.05, 0) is 61.7 Å². The summed E-state index contributed by atoms with van der Waals surface area (Å²) in [7, 11) is 1.65. The quantitative estimate of drug-likeness (QED) is 0.529. The first-order valence-electron chi connectivity index (χ1n) is 10.3. The summed E-state index contributed by atoms with van der Waals surface area (Å²) >= 11 is 0. The molecule has 2 amide bonds. The smallest absolute Gasteiger partial charge is 0.315 e. The fourth-order valence-electron chi connectivity index (χ4n) is 3.25. The lowest BCUT2D eigenvalue weighted by molar-refractivity contribution is 0.234. The van der Waals surface area contributed by atoms with Crippen LogP contribution in [0.15, 0.2) is 73.1 Å². The van der Waals surface area contributed by atoms with E-state index in [1.165, 1.54) is 0 Å². The van der Waals surface area contributed by atoms with Crippen LogP contribution in [0.4, 0.5) is 4.79 Å². The van der Waals surface area contributed by atoms with Crippen molar-refractivity contribution in [2.45, 2.75) is 39.0 Å². The molecule has 0 fully saturated rings. The molecule has 6 nitrogen and oxygen atoms in total. The van der Waals surface area contributed by atoms with E-state index in [2.05, 4.69) is 15.6 Å². The number of aromatic nitrogens is 1. The fourth-order valence-corrected chi connectivity index (χ4v) is 3.25. The summed E-state index contributed by atoms with van der Waals surface area (Å²) in [6.07, 6.45) is 4.25. The summed E-state index contributed by atoms with van der Waals surface area (Å²) < 4.78 is 11.0. The molecule has 0 aliphatic rings. The van der Waals surface area contributed by atoms with Crippen molar-refractivity contribution in [2.75, 3.05) is 7.11 Å². The molecule has 0 aliphatic heterocycles. The number of ether oxygens (including phenoxy) is 2. The van der Waals surface area contributed by atoms with Gasteiger partial charge in [0.1, 0.15) is 18.1 Å². The lowest BCUT2D eigenvalue weighted by Gasteiger charge is -2.19. The van der Waals surface area contributed by atoms with Gasteiger partial charge in [0.15, 0.2) is 0 Å². The van der Waals surface area contributed by atoms with Gasteiger partial charge in [0.05, 0.1) is 13.2 Å². The number of hydrogen-bond donors (Lipinski definition) is 2. The fraction of sp³-hybridized carbons (Fsp3) is 0.280. The lowest BCUT2D eigenvalue weighted by Crippen LogP contribution is -2.42. The molecule has 0 aliphatic carbocycles. The van der Waals surface area contributed by atoms with Gasteiger partial charge in [-0.2, -0.15) is 0 Å². The molecule has 1 aromatic heterocycles. The van der Waals surface area contributed by atoms with Crippen LogP contribution >= 0.6 is 0 Å². The topological polar surface area (TPSA) is 72.5 Å². The minimum Gasteiger partial charge on any atom is -0.497 e. The second-order valence-corrected chi connectivity index (χ2v) is 7.52. The van der Waals surface area contributed by atoms with Crippen LogP contribution in [-0.4, -0.2) is 24.2 Å².